The lowest BCUT2D eigenvalue weighted by Gasteiger charge is -2.26. The SMILES string of the molecule is N#Cc1ccc(Cl)c(S(=O)(=O)N2CCSC2C(=O)OC(Cc2c(Cl)c[n+]([O-])cc2Cl)c2ccc(OC(F)F)c(OCC3CC3)c2)c1. The fourth-order valence-corrected chi connectivity index (χ4v) is 8.79. The second kappa shape index (κ2) is 14.4. The molecule has 2 unspecified atom stereocenters. The Bertz CT molecular complexity index is 1770. The van der Waals surface area contributed by atoms with Crippen molar-refractivity contribution in [1.82, 2.24) is 4.31 Å². The number of nitrogens with zero attached hydrogens (tertiary/aromatic N) is 3. The van der Waals surface area contributed by atoms with Gasteiger partial charge in [0, 0.05) is 24.3 Å². The zero-order valence-electron chi connectivity index (χ0n) is 23.6. The van der Waals surface area contributed by atoms with Crippen LogP contribution in [0.3, 0.4) is 0 Å². The highest BCUT2D eigenvalue weighted by Gasteiger charge is 2.43. The van der Waals surface area contributed by atoms with E-state index in [1.54, 1.807) is 0 Å². The Morgan fingerprint density at radius 2 is 1.83 bits per heavy atom. The summed E-state index contributed by atoms with van der Waals surface area (Å²) in [6.07, 6.45) is 2.60. The number of hydrogen-bond acceptors (Lipinski definition) is 9. The fraction of sp³-hybridized carbons (Fsp3) is 0.345. The van der Waals surface area contributed by atoms with E-state index in [4.69, 9.17) is 44.3 Å². The summed E-state index contributed by atoms with van der Waals surface area (Å²) in [6.45, 7) is -2.92. The van der Waals surface area contributed by atoms with Crippen molar-refractivity contribution in [3.8, 4) is 17.6 Å². The number of hydrogen-bond donors (Lipinski definition) is 0. The molecule has 0 bridgehead atoms. The van der Waals surface area contributed by atoms with Crippen LogP contribution in [0.25, 0.3) is 0 Å². The standard InChI is InChI=1S/C29H24Cl3F2N3O7S2/c30-20-5-3-17(12-35)9-26(20)46(40,41)37-7-8-45-27(37)28(38)43-24(11-19-21(31)13-36(39)14-22(19)32)18-4-6-23(44-29(33)34)25(10-18)42-15-16-1-2-16/h3-6,9-10,13-14,16,24,27,29H,1-2,7-8,11,15H2. The first kappa shape index (κ1) is 34.3. The Morgan fingerprint density at radius 1 is 1.11 bits per heavy atom. The van der Waals surface area contributed by atoms with Gasteiger partial charge in [0.15, 0.2) is 29.3 Å². The fourth-order valence-electron chi connectivity index (χ4n) is 4.64. The maximum atomic E-state index is 13.8. The average Bonchev–Trinajstić information content (AvgIpc) is 3.69. The van der Waals surface area contributed by atoms with Crippen molar-refractivity contribution in [3.63, 3.8) is 0 Å². The Kier molecular flexibility index (Phi) is 10.7. The van der Waals surface area contributed by atoms with E-state index in [9.17, 15) is 32.5 Å². The second-order valence-corrected chi connectivity index (χ2v) is 14.6. The molecule has 46 heavy (non-hydrogen) atoms. The number of carbonyl (C=O) groups is 1. The van der Waals surface area contributed by atoms with E-state index in [2.05, 4.69) is 4.74 Å². The third kappa shape index (κ3) is 7.90. The number of nitriles is 1. The molecule has 1 saturated heterocycles. The van der Waals surface area contributed by atoms with Crippen LogP contribution in [0, 0.1) is 22.5 Å². The van der Waals surface area contributed by atoms with Crippen molar-refractivity contribution < 1.29 is 40.9 Å². The summed E-state index contributed by atoms with van der Waals surface area (Å²) in [4.78, 5) is 13.4. The minimum Gasteiger partial charge on any atom is -0.619 e. The van der Waals surface area contributed by atoms with E-state index in [1.807, 2.05) is 6.07 Å². The molecule has 10 nitrogen and oxygen atoms in total. The topological polar surface area (TPSA) is 133 Å². The normalized spacial score (nSPS) is 17.5. The van der Waals surface area contributed by atoms with Gasteiger partial charge >= 0.3 is 12.6 Å². The van der Waals surface area contributed by atoms with Gasteiger partial charge in [0.1, 0.15) is 21.0 Å². The van der Waals surface area contributed by atoms with Crippen LogP contribution in [0.4, 0.5) is 8.78 Å². The minimum absolute atomic E-state index is 0.0140. The molecule has 1 aliphatic carbocycles. The van der Waals surface area contributed by atoms with Gasteiger partial charge in [0.2, 0.25) is 10.0 Å². The van der Waals surface area contributed by atoms with Gasteiger partial charge in [-0.2, -0.15) is 23.1 Å². The van der Waals surface area contributed by atoms with E-state index in [1.165, 1.54) is 30.3 Å². The largest absolute Gasteiger partial charge is 0.619 e. The Balaban J connectivity index is 1.49. The van der Waals surface area contributed by atoms with Gasteiger partial charge in [-0.3, -0.25) is 0 Å². The van der Waals surface area contributed by atoms with Crippen molar-refractivity contribution >= 4 is 62.6 Å². The zero-order chi connectivity index (χ0) is 33.2. The summed E-state index contributed by atoms with van der Waals surface area (Å²) >= 11 is 19.9. The van der Waals surface area contributed by atoms with E-state index in [0.29, 0.717) is 4.73 Å². The van der Waals surface area contributed by atoms with E-state index >= 15 is 0 Å². The number of rotatable bonds is 12. The summed E-state index contributed by atoms with van der Waals surface area (Å²) < 4.78 is 71.3. The molecule has 5 rings (SSSR count). The van der Waals surface area contributed by atoms with Crippen LogP contribution in [-0.4, -0.2) is 49.6 Å². The number of ether oxygens (including phenoxy) is 3. The van der Waals surface area contributed by atoms with E-state index < -0.39 is 34.1 Å². The maximum Gasteiger partial charge on any atom is 0.387 e. The van der Waals surface area contributed by atoms with Crippen LogP contribution in [0.5, 0.6) is 11.5 Å². The second-order valence-electron chi connectivity index (χ2n) is 10.4. The van der Waals surface area contributed by atoms with Crippen molar-refractivity contribution in [2.75, 3.05) is 18.9 Å². The highest BCUT2D eigenvalue weighted by atomic mass is 35.5. The van der Waals surface area contributed by atoms with Gasteiger partial charge in [-0.15, -0.1) is 11.8 Å². The van der Waals surface area contributed by atoms with Crippen molar-refractivity contribution in [1.29, 1.82) is 5.26 Å². The molecule has 0 spiro atoms. The molecule has 2 atom stereocenters. The monoisotopic (exact) mass is 733 g/mol. The van der Waals surface area contributed by atoms with Crippen LogP contribution in [0.15, 0.2) is 53.7 Å². The summed E-state index contributed by atoms with van der Waals surface area (Å²) in [5, 5.41) is 19.6. The minimum atomic E-state index is -4.37. The lowest BCUT2D eigenvalue weighted by atomic mass is 10.0. The number of sulfonamides is 1. The number of carbonyl (C=O) groups excluding carboxylic acids is 1. The van der Waals surface area contributed by atoms with Crippen LogP contribution in [0.1, 0.15) is 35.6 Å². The first-order valence-electron chi connectivity index (χ1n) is 13.7. The third-order valence-electron chi connectivity index (χ3n) is 7.13. The first-order chi connectivity index (χ1) is 21.9. The number of aromatic nitrogens is 1. The molecule has 2 aromatic carbocycles. The number of thioether (sulfide) groups is 1. The van der Waals surface area contributed by atoms with Crippen LogP contribution in [0.2, 0.25) is 15.1 Å². The predicted molar refractivity (Wildman–Crippen MR) is 166 cm³/mol. The number of halogens is 5. The summed E-state index contributed by atoms with van der Waals surface area (Å²) in [7, 11) is -4.37. The molecule has 17 heteroatoms. The number of esters is 1. The number of pyridine rings is 1. The zero-order valence-corrected chi connectivity index (χ0v) is 27.5. The summed E-state index contributed by atoms with van der Waals surface area (Å²) in [6, 6.07) is 9.66. The highest BCUT2D eigenvalue weighted by Crippen LogP contribution is 2.40. The lowest BCUT2D eigenvalue weighted by molar-refractivity contribution is -0.605. The molecule has 2 fully saturated rings. The molecule has 2 heterocycles. The van der Waals surface area contributed by atoms with Gasteiger partial charge in [-0.1, -0.05) is 40.9 Å². The third-order valence-corrected chi connectivity index (χ3v) is 11.4. The first-order valence-corrected chi connectivity index (χ1v) is 17.3. The summed E-state index contributed by atoms with van der Waals surface area (Å²) in [5.74, 6) is -0.670. The molecule has 1 aromatic heterocycles. The average molecular weight is 735 g/mol. The highest BCUT2D eigenvalue weighted by molar-refractivity contribution is 8.02. The van der Waals surface area contributed by atoms with Crippen LogP contribution >= 0.6 is 46.6 Å². The van der Waals surface area contributed by atoms with Gasteiger partial charge in [0.25, 0.3) is 0 Å². The van der Waals surface area contributed by atoms with Crippen LogP contribution in [-0.2, 0) is 26.0 Å². The predicted octanol–water partition coefficient (Wildman–Crippen LogP) is 6.13. The van der Waals surface area contributed by atoms with E-state index in [0.717, 1.165) is 47.4 Å². The lowest BCUT2D eigenvalue weighted by Crippen LogP contribution is -2.41. The van der Waals surface area contributed by atoms with Crippen molar-refractivity contribution in [2.45, 2.75) is 42.2 Å². The molecule has 0 N–H and O–H groups in total. The Morgan fingerprint density at radius 3 is 2.48 bits per heavy atom. The number of benzene rings is 2. The van der Waals surface area contributed by atoms with Crippen molar-refractivity contribution in [3.05, 3.63) is 85.8 Å². The Hall–Kier alpha value is -3.06. The number of alkyl halides is 2. The molecule has 0 amide bonds. The van der Waals surface area contributed by atoms with E-state index in [-0.39, 0.29) is 79.4 Å². The van der Waals surface area contributed by atoms with Gasteiger partial charge in [-0.25, -0.2) is 13.2 Å². The molecular weight excluding hydrogens is 711 g/mol. The van der Waals surface area contributed by atoms with Gasteiger partial charge in [0.05, 0.1) is 23.3 Å². The maximum absolute atomic E-state index is 13.8. The molecular formula is C29H24Cl3F2N3O7S2. The Labute approximate surface area is 282 Å². The van der Waals surface area contributed by atoms with Gasteiger partial charge < -0.3 is 19.4 Å². The molecule has 244 valence electrons. The molecule has 2 aliphatic rings. The smallest absolute Gasteiger partial charge is 0.387 e. The summed E-state index contributed by atoms with van der Waals surface area (Å²) in [5.41, 5.74) is 0.572. The molecule has 1 aliphatic heterocycles. The molecule has 3 aromatic rings. The van der Waals surface area contributed by atoms with Gasteiger partial charge in [-0.05, 0) is 54.7 Å². The molecule has 0 radical (unpaired) electrons. The quantitative estimate of drug-likeness (QED) is 0.122. The van der Waals surface area contributed by atoms with Crippen LogP contribution < -0.4 is 14.2 Å². The van der Waals surface area contributed by atoms with Crippen molar-refractivity contribution in [2.24, 2.45) is 5.92 Å². The molecule has 1 saturated carbocycles.